The number of esters is 1. The Morgan fingerprint density at radius 2 is 1.67 bits per heavy atom. The van der Waals surface area contributed by atoms with E-state index in [0.717, 1.165) is 31.3 Å². The number of Topliss-reactive ketones (excluding diaryl/α,β-unsaturated/α-hetero) is 1. The number of rotatable bonds is 8. The summed E-state index contributed by atoms with van der Waals surface area (Å²) < 4.78 is 4.68. The molecule has 0 aliphatic heterocycles. The first-order valence-electron chi connectivity index (χ1n) is 6.42. The number of hydrogen-bond acceptors (Lipinski definition) is 3. The van der Waals surface area contributed by atoms with Gasteiger partial charge in [-0.05, 0) is 46.1 Å². The second-order valence-electron chi connectivity index (χ2n) is 4.49. The van der Waals surface area contributed by atoms with Crippen LogP contribution >= 0.6 is 0 Å². The lowest BCUT2D eigenvalue weighted by atomic mass is 10.0. The van der Waals surface area contributed by atoms with E-state index in [1.807, 2.05) is 19.9 Å². The first-order valence-corrected chi connectivity index (χ1v) is 6.42. The summed E-state index contributed by atoms with van der Waals surface area (Å²) in [6.45, 7) is 5.46. The van der Waals surface area contributed by atoms with Gasteiger partial charge >= 0.3 is 5.97 Å². The van der Waals surface area contributed by atoms with Crippen molar-refractivity contribution in [2.75, 3.05) is 7.11 Å². The Hall–Kier alpha value is -1.38. The van der Waals surface area contributed by atoms with Crippen LogP contribution in [0.2, 0.25) is 0 Å². The molecule has 0 saturated heterocycles. The first kappa shape index (κ1) is 16.6. The number of methoxy groups -OCH3 is 1. The van der Waals surface area contributed by atoms with Crippen molar-refractivity contribution in [3.63, 3.8) is 0 Å². The highest BCUT2D eigenvalue weighted by molar-refractivity contribution is 5.91. The topological polar surface area (TPSA) is 43.4 Å². The summed E-state index contributed by atoms with van der Waals surface area (Å²) in [6, 6.07) is 0. The van der Waals surface area contributed by atoms with Gasteiger partial charge in [0.1, 0.15) is 5.78 Å². The third-order valence-electron chi connectivity index (χ3n) is 2.73. The molecule has 0 unspecified atom stereocenters. The van der Waals surface area contributed by atoms with Crippen LogP contribution in [0.4, 0.5) is 0 Å². The molecule has 0 aliphatic rings. The number of ketones is 1. The minimum atomic E-state index is -0.298. The summed E-state index contributed by atoms with van der Waals surface area (Å²) in [5, 5.41) is 0. The lowest BCUT2D eigenvalue weighted by molar-refractivity contribution is -0.135. The molecule has 0 aromatic carbocycles. The summed E-state index contributed by atoms with van der Waals surface area (Å²) in [4.78, 5) is 22.1. The van der Waals surface area contributed by atoms with Crippen molar-refractivity contribution < 1.29 is 14.3 Å². The van der Waals surface area contributed by atoms with Crippen molar-refractivity contribution in [1.29, 1.82) is 0 Å². The normalized spacial score (nSPS) is 12.4. The second-order valence-corrected chi connectivity index (χ2v) is 4.49. The second kappa shape index (κ2) is 9.63. The maximum Gasteiger partial charge on any atom is 0.337 e. The van der Waals surface area contributed by atoms with Crippen LogP contribution in [0.25, 0.3) is 0 Å². The van der Waals surface area contributed by atoms with Crippen LogP contribution in [0.5, 0.6) is 0 Å². The summed E-state index contributed by atoms with van der Waals surface area (Å²) in [7, 11) is 1.39. The molecular formula is C15H24O3. The highest BCUT2D eigenvalue weighted by Gasteiger charge is 2.05. The Morgan fingerprint density at radius 3 is 2.17 bits per heavy atom. The van der Waals surface area contributed by atoms with E-state index in [0.29, 0.717) is 12.0 Å². The third kappa shape index (κ3) is 7.82. The van der Waals surface area contributed by atoms with E-state index in [2.05, 4.69) is 4.74 Å². The van der Waals surface area contributed by atoms with E-state index in [1.54, 1.807) is 13.0 Å². The molecule has 18 heavy (non-hydrogen) atoms. The van der Waals surface area contributed by atoms with Gasteiger partial charge in [-0.2, -0.15) is 0 Å². The van der Waals surface area contributed by atoms with Gasteiger partial charge in [-0.25, -0.2) is 4.79 Å². The molecular weight excluding hydrogens is 228 g/mol. The van der Waals surface area contributed by atoms with Gasteiger partial charge in [0.25, 0.3) is 0 Å². The van der Waals surface area contributed by atoms with Crippen LogP contribution in [-0.4, -0.2) is 18.9 Å². The number of hydrogen-bond donors (Lipinski definition) is 0. The van der Waals surface area contributed by atoms with Crippen LogP contribution in [-0.2, 0) is 14.3 Å². The average molecular weight is 252 g/mol. The average Bonchev–Trinajstić information content (AvgIpc) is 2.34. The van der Waals surface area contributed by atoms with Crippen LogP contribution < -0.4 is 0 Å². The van der Waals surface area contributed by atoms with Gasteiger partial charge in [0, 0.05) is 6.42 Å². The van der Waals surface area contributed by atoms with Gasteiger partial charge in [0.05, 0.1) is 12.7 Å². The fourth-order valence-corrected chi connectivity index (χ4v) is 1.67. The van der Waals surface area contributed by atoms with E-state index in [4.69, 9.17) is 0 Å². The first-order chi connectivity index (χ1) is 8.51. The van der Waals surface area contributed by atoms with E-state index < -0.39 is 0 Å². The zero-order valence-corrected chi connectivity index (χ0v) is 11.9. The number of unbranched alkanes of at least 4 members (excludes halogenated alkanes) is 2. The van der Waals surface area contributed by atoms with Gasteiger partial charge < -0.3 is 9.53 Å². The summed E-state index contributed by atoms with van der Waals surface area (Å²) >= 11 is 0. The SMILES string of the molecule is C/C=C(\C=C(/C)CCCCCC(C)=O)C(=O)OC. The number of carbonyl (C=O) groups excluding carboxylic acids is 2. The van der Waals surface area contributed by atoms with Crippen molar-refractivity contribution in [3.05, 3.63) is 23.3 Å². The minimum absolute atomic E-state index is 0.254. The molecule has 0 fully saturated rings. The zero-order chi connectivity index (χ0) is 14.0. The highest BCUT2D eigenvalue weighted by Crippen LogP contribution is 2.13. The number of ether oxygens (including phenoxy) is 1. The molecule has 0 heterocycles. The molecule has 0 aromatic rings. The third-order valence-corrected chi connectivity index (χ3v) is 2.73. The van der Waals surface area contributed by atoms with Crippen molar-refractivity contribution in [2.45, 2.75) is 52.9 Å². The summed E-state index contributed by atoms with van der Waals surface area (Å²) in [5.41, 5.74) is 1.76. The van der Waals surface area contributed by atoms with Crippen LogP contribution in [0.1, 0.15) is 52.9 Å². The minimum Gasteiger partial charge on any atom is -0.465 e. The van der Waals surface area contributed by atoms with Crippen molar-refractivity contribution >= 4 is 11.8 Å². The van der Waals surface area contributed by atoms with Crippen LogP contribution in [0.15, 0.2) is 23.3 Å². The highest BCUT2D eigenvalue weighted by atomic mass is 16.5. The predicted molar refractivity (Wildman–Crippen MR) is 73.3 cm³/mol. The van der Waals surface area contributed by atoms with E-state index >= 15 is 0 Å². The fourth-order valence-electron chi connectivity index (χ4n) is 1.67. The van der Waals surface area contributed by atoms with Crippen molar-refractivity contribution in [1.82, 2.24) is 0 Å². The largest absolute Gasteiger partial charge is 0.465 e. The van der Waals surface area contributed by atoms with E-state index in [1.165, 1.54) is 7.11 Å². The van der Waals surface area contributed by atoms with Gasteiger partial charge in [-0.1, -0.05) is 18.1 Å². The van der Waals surface area contributed by atoms with Gasteiger partial charge in [-0.15, -0.1) is 0 Å². The van der Waals surface area contributed by atoms with E-state index in [-0.39, 0.29) is 11.8 Å². The molecule has 3 heteroatoms. The zero-order valence-electron chi connectivity index (χ0n) is 11.9. The molecule has 0 rings (SSSR count). The molecule has 102 valence electrons. The predicted octanol–water partition coefficient (Wildman–Crippen LogP) is 3.59. The Kier molecular flexibility index (Phi) is 8.89. The van der Waals surface area contributed by atoms with Crippen LogP contribution in [0.3, 0.4) is 0 Å². The van der Waals surface area contributed by atoms with E-state index in [9.17, 15) is 9.59 Å². The molecule has 0 bridgehead atoms. The molecule has 0 atom stereocenters. The standard InChI is InChI=1S/C15H24O3/c1-5-14(15(17)18-4)11-12(2)9-7-6-8-10-13(3)16/h5,11H,6-10H2,1-4H3/b12-11+,14-5+. The fraction of sp³-hybridized carbons (Fsp3) is 0.600. The molecule has 0 saturated carbocycles. The smallest absolute Gasteiger partial charge is 0.337 e. The molecule has 0 spiro atoms. The molecule has 0 aromatic heterocycles. The Morgan fingerprint density at radius 1 is 1.06 bits per heavy atom. The molecule has 0 radical (unpaired) electrons. The van der Waals surface area contributed by atoms with Crippen LogP contribution in [0, 0.1) is 0 Å². The van der Waals surface area contributed by atoms with Crippen molar-refractivity contribution in [3.8, 4) is 0 Å². The lowest BCUT2D eigenvalue weighted by Crippen LogP contribution is -2.02. The van der Waals surface area contributed by atoms with Crippen molar-refractivity contribution in [2.24, 2.45) is 0 Å². The maximum atomic E-state index is 11.4. The Balaban J connectivity index is 4.04. The van der Waals surface area contributed by atoms with Gasteiger partial charge in [0.2, 0.25) is 0 Å². The Bertz CT molecular complexity index is 338. The number of carbonyl (C=O) groups is 2. The summed E-state index contributed by atoms with van der Waals surface area (Å²) in [6.07, 6.45) is 8.30. The molecule has 0 aliphatic carbocycles. The Labute approximate surface area is 110 Å². The molecule has 0 N–H and O–H groups in total. The maximum absolute atomic E-state index is 11.4. The molecule has 3 nitrogen and oxygen atoms in total. The van der Waals surface area contributed by atoms with Gasteiger partial charge in [-0.3, -0.25) is 0 Å². The van der Waals surface area contributed by atoms with Gasteiger partial charge in [0.15, 0.2) is 0 Å². The summed E-state index contributed by atoms with van der Waals surface area (Å²) in [5.74, 6) is -0.0439. The number of allylic oxidation sites excluding steroid dienone is 2. The monoisotopic (exact) mass is 252 g/mol. The quantitative estimate of drug-likeness (QED) is 0.287. The lowest BCUT2D eigenvalue weighted by Gasteiger charge is -2.03. The molecule has 0 amide bonds.